The third kappa shape index (κ3) is 9.41. The summed E-state index contributed by atoms with van der Waals surface area (Å²) in [4.78, 5) is 30.0. The van der Waals surface area contributed by atoms with Crippen molar-refractivity contribution in [3.63, 3.8) is 0 Å². The van der Waals surface area contributed by atoms with Crippen LogP contribution in [-0.2, 0) is 32.6 Å². The Kier molecular flexibility index (Phi) is 11.8. The van der Waals surface area contributed by atoms with E-state index in [2.05, 4.69) is 5.32 Å². The van der Waals surface area contributed by atoms with E-state index in [1.165, 1.54) is 36.3 Å². The molecular formula is C35H36Cl3N3O5S. The summed E-state index contributed by atoms with van der Waals surface area (Å²) >= 11 is 19.1. The molecule has 0 aliphatic rings. The molecule has 8 nitrogen and oxygen atoms in total. The van der Waals surface area contributed by atoms with Crippen LogP contribution in [0.15, 0.2) is 102 Å². The second-order valence-corrected chi connectivity index (χ2v) is 15.0. The average Bonchev–Trinajstić information content (AvgIpc) is 3.02. The second kappa shape index (κ2) is 15.4. The van der Waals surface area contributed by atoms with Crippen molar-refractivity contribution in [2.45, 2.75) is 50.2 Å². The molecule has 0 saturated carbocycles. The second-order valence-electron chi connectivity index (χ2n) is 11.8. The van der Waals surface area contributed by atoms with Crippen LogP contribution < -0.4 is 14.4 Å². The van der Waals surface area contributed by atoms with E-state index >= 15 is 0 Å². The van der Waals surface area contributed by atoms with Gasteiger partial charge in [-0.1, -0.05) is 89.4 Å². The minimum absolute atomic E-state index is 0.0477. The molecule has 248 valence electrons. The lowest BCUT2D eigenvalue weighted by Gasteiger charge is -2.35. The highest BCUT2D eigenvalue weighted by Gasteiger charge is 2.36. The highest BCUT2D eigenvalue weighted by atomic mass is 35.5. The standard InChI is InChI=1S/C35H36Cl3N3O5S/c1-35(2,3)39-34(43)31(19-24-11-7-5-8-12-24)40(22-25-15-16-26(36)20-29(25)38)33(42)23-41(30-21-27(37)17-18-32(30)46-4)47(44,45)28-13-9-6-10-14-28/h5-18,20-21,31H,19,22-23H2,1-4H3,(H,39,43). The van der Waals surface area contributed by atoms with Crippen molar-refractivity contribution in [1.29, 1.82) is 0 Å². The van der Waals surface area contributed by atoms with Gasteiger partial charge in [0.2, 0.25) is 11.8 Å². The summed E-state index contributed by atoms with van der Waals surface area (Å²) < 4.78 is 35.0. The van der Waals surface area contributed by atoms with Crippen molar-refractivity contribution in [1.82, 2.24) is 10.2 Å². The normalized spacial score (nSPS) is 12.2. The lowest BCUT2D eigenvalue weighted by Crippen LogP contribution is -2.56. The molecule has 0 saturated heterocycles. The molecule has 4 aromatic rings. The summed E-state index contributed by atoms with van der Waals surface area (Å²) in [5.74, 6) is -0.902. The fraction of sp³-hybridized carbons (Fsp3) is 0.257. The van der Waals surface area contributed by atoms with Gasteiger partial charge in [0.1, 0.15) is 18.3 Å². The molecule has 1 N–H and O–H groups in total. The molecule has 0 fully saturated rings. The summed E-state index contributed by atoms with van der Waals surface area (Å²) in [5, 5.41) is 3.92. The Bertz CT molecular complexity index is 1820. The summed E-state index contributed by atoms with van der Waals surface area (Å²) in [6.07, 6.45) is 0.144. The fourth-order valence-corrected chi connectivity index (χ4v) is 7.00. The van der Waals surface area contributed by atoms with E-state index in [9.17, 15) is 18.0 Å². The zero-order chi connectivity index (χ0) is 34.4. The number of carbonyl (C=O) groups is 2. The third-order valence-electron chi connectivity index (χ3n) is 7.14. The van der Waals surface area contributed by atoms with Crippen LogP contribution in [0.5, 0.6) is 5.75 Å². The maximum atomic E-state index is 14.7. The predicted octanol–water partition coefficient (Wildman–Crippen LogP) is 7.41. The van der Waals surface area contributed by atoms with Gasteiger partial charge in [0.15, 0.2) is 0 Å². The van der Waals surface area contributed by atoms with Crippen LogP contribution in [-0.4, -0.2) is 50.4 Å². The largest absolute Gasteiger partial charge is 0.495 e. The quantitative estimate of drug-likeness (QED) is 0.165. The number of carbonyl (C=O) groups excluding carboxylic acids is 2. The monoisotopic (exact) mass is 715 g/mol. The molecule has 0 aromatic heterocycles. The van der Waals surface area contributed by atoms with Gasteiger partial charge in [-0.25, -0.2) is 8.42 Å². The number of hydrogen-bond donors (Lipinski definition) is 1. The van der Waals surface area contributed by atoms with Gasteiger partial charge in [0.05, 0.1) is 17.7 Å². The first-order valence-corrected chi connectivity index (χ1v) is 17.3. The Morgan fingerprint density at radius 2 is 1.45 bits per heavy atom. The number of sulfonamides is 1. The summed E-state index contributed by atoms with van der Waals surface area (Å²) in [7, 11) is -2.96. The van der Waals surface area contributed by atoms with Crippen LogP contribution in [0.3, 0.4) is 0 Å². The van der Waals surface area contributed by atoms with Crippen molar-refractivity contribution in [2.75, 3.05) is 18.0 Å². The van der Waals surface area contributed by atoms with Crippen LogP contribution in [0.1, 0.15) is 31.9 Å². The van der Waals surface area contributed by atoms with E-state index < -0.39 is 40.0 Å². The lowest BCUT2D eigenvalue weighted by atomic mass is 10.0. The van der Waals surface area contributed by atoms with Crippen molar-refractivity contribution >= 4 is 62.3 Å². The van der Waals surface area contributed by atoms with Crippen LogP contribution in [0.4, 0.5) is 5.69 Å². The number of anilines is 1. The Labute approximate surface area is 291 Å². The van der Waals surface area contributed by atoms with Crippen molar-refractivity contribution in [3.8, 4) is 5.75 Å². The van der Waals surface area contributed by atoms with E-state index in [4.69, 9.17) is 39.5 Å². The molecule has 4 aromatic carbocycles. The minimum Gasteiger partial charge on any atom is -0.495 e. The smallest absolute Gasteiger partial charge is 0.264 e. The van der Waals surface area contributed by atoms with Gasteiger partial charge in [-0.05, 0) is 74.4 Å². The minimum atomic E-state index is -4.35. The molecule has 0 spiro atoms. The number of amides is 2. The Hall–Kier alpha value is -3.76. The van der Waals surface area contributed by atoms with Gasteiger partial charge in [0.25, 0.3) is 10.0 Å². The van der Waals surface area contributed by atoms with Crippen LogP contribution in [0, 0.1) is 0 Å². The summed E-state index contributed by atoms with van der Waals surface area (Å²) in [5.41, 5.74) is 0.742. The first-order chi connectivity index (χ1) is 22.2. The molecule has 1 unspecified atom stereocenters. The van der Waals surface area contributed by atoms with Gasteiger partial charge in [-0.15, -0.1) is 0 Å². The number of nitrogens with one attached hydrogen (secondary N) is 1. The van der Waals surface area contributed by atoms with E-state index in [1.807, 2.05) is 51.1 Å². The van der Waals surface area contributed by atoms with E-state index in [1.54, 1.807) is 42.5 Å². The van der Waals surface area contributed by atoms with Gasteiger partial charge in [-0.2, -0.15) is 0 Å². The molecule has 0 aliphatic carbocycles. The molecule has 47 heavy (non-hydrogen) atoms. The highest BCUT2D eigenvalue weighted by Crippen LogP contribution is 2.35. The molecule has 12 heteroatoms. The van der Waals surface area contributed by atoms with Gasteiger partial charge in [-0.3, -0.25) is 13.9 Å². The maximum absolute atomic E-state index is 14.7. The lowest BCUT2D eigenvalue weighted by molar-refractivity contribution is -0.140. The number of hydrogen-bond acceptors (Lipinski definition) is 5. The number of ether oxygens (including phenoxy) is 1. The van der Waals surface area contributed by atoms with Crippen LogP contribution >= 0.6 is 34.8 Å². The molecule has 4 rings (SSSR count). The van der Waals surface area contributed by atoms with Crippen LogP contribution in [0.25, 0.3) is 0 Å². The van der Waals surface area contributed by atoms with Crippen LogP contribution in [0.2, 0.25) is 15.1 Å². The first kappa shape index (κ1) is 36.1. The number of methoxy groups -OCH3 is 1. The summed E-state index contributed by atoms with van der Waals surface area (Å²) in [6.45, 7) is 4.72. The number of rotatable bonds is 12. The molecular weight excluding hydrogens is 681 g/mol. The molecule has 0 radical (unpaired) electrons. The number of nitrogens with zero attached hydrogens (tertiary/aromatic N) is 2. The van der Waals surface area contributed by atoms with E-state index in [0.29, 0.717) is 10.6 Å². The molecule has 2 amide bonds. The Morgan fingerprint density at radius 3 is 2.04 bits per heavy atom. The molecule has 1 atom stereocenters. The van der Waals surface area contributed by atoms with Gasteiger partial charge >= 0.3 is 0 Å². The SMILES string of the molecule is COc1ccc(Cl)cc1N(CC(=O)N(Cc1ccc(Cl)cc1Cl)C(Cc1ccccc1)C(=O)NC(C)(C)C)S(=O)(=O)c1ccccc1. The van der Waals surface area contributed by atoms with E-state index in [-0.39, 0.29) is 39.3 Å². The number of halogens is 3. The molecule has 0 aliphatic heterocycles. The zero-order valence-electron chi connectivity index (χ0n) is 26.4. The van der Waals surface area contributed by atoms with Gasteiger partial charge < -0.3 is 15.0 Å². The predicted molar refractivity (Wildman–Crippen MR) is 188 cm³/mol. The fourth-order valence-electron chi connectivity index (χ4n) is 4.93. The summed E-state index contributed by atoms with van der Waals surface area (Å²) in [6, 6.07) is 25.3. The van der Waals surface area contributed by atoms with Crippen molar-refractivity contribution in [2.24, 2.45) is 0 Å². The van der Waals surface area contributed by atoms with Gasteiger partial charge in [0, 0.05) is 33.6 Å². The average molecular weight is 717 g/mol. The maximum Gasteiger partial charge on any atom is 0.264 e. The van der Waals surface area contributed by atoms with Crippen molar-refractivity contribution < 1.29 is 22.7 Å². The Balaban J connectivity index is 1.88. The highest BCUT2D eigenvalue weighted by molar-refractivity contribution is 7.92. The first-order valence-electron chi connectivity index (χ1n) is 14.7. The molecule has 0 bridgehead atoms. The topological polar surface area (TPSA) is 96.0 Å². The zero-order valence-corrected chi connectivity index (χ0v) is 29.5. The van der Waals surface area contributed by atoms with Crippen molar-refractivity contribution in [3.05, 3.63) is 123 Å². The number of benzene rings is 4. The molecule has 0 heterocycles. The Morgan fingerprint density at radius 1 is 0.851 bits per heavy atom. The van der Waals surface area contributed by atoms with E-state index in [0.717, 1.165) is 9.87 Å². The third-order valence-corrected chi connectivity index (χ3v) is 9.74.